The Morgan fingerprint density at radius 3 is 2.50 bits per heavy atom. The van der Waals surface area contributed by atoms with E-state index < -0.39 is 0 Å². The molecule has 0 fully saturated rings. The van der Waals surface area contributed by atoms with Gasteiger partial charge in [0.1, 0.15) is 10.8 Å². The maximum Gasteiger partial charge on any atom is 0.206 e. The Hall–Kier alpha value is -1.62. The minimum absolute atomic E-state index is 0.888. The van der Waals surface area contributed by atoms with Gasteiger partial charge in [-0.3, -0.25) is 0 Å². The van der Waals surface area contributed by atoms with Gasteiger partial charge in [-0.05, 0) is 43.5 Å². The predicted molar refractivity (Wildman–Crippen MR) is 84.8 cm³/mol. The van der Waals surface area contributed by atoms with E-state index in [1.807, 2.05) is 0 Å². The summed E-state index contributed by atoms with van der Waals surface area (Å²) in [6, 6.07) is 4.20. The fraction of sp³-hybridized carbons (Fsp3) is 0.467. The summed E-state index contributed by atoms with van der Waals surface area (Å²) >= 11 is 1.59. The summed E-state index contributed by atoms with van der Waals surface area (Å²) in [5, 5.41) is 13.6. The van der Waals surface area contributed by atoms with Crippen molar-refractivity contribution in [1.82, 2.24) is 10.2 Å². The maximum absolute atomic E-state index is 5.39. The first-order valence-electron chi connectivity index (χ1n) is 6.88. The fourth-order valence-electron chi connectivity index (χ4n) is 2.18. The summed E-state index contributed by atoms with van der Waals surface area (Å²) < 4.78 is 5.39. The number of nitrogens with one attached hydrogen (secondary N) is 1. The van der Waals surface area contributed by atoms with Crippen LogP contribution in [0.15, 0.2) is 12.1 Å². The highest BCUT2D eigenvalue weighted by Gasteiger charge is 2.10. The molecule has 0 aliphatic rings. The molecule has 20 heavy (non-hydrogen) atoms. The van der Waals surface area contributed by atoms with Crippen LogP contribution >= 0.6 is 11.3 Å². The van der Waals surface area contributed by atoms with Gasteiger partial charge in [-0.25, -0.2) is 0 Å². The number of methoxy groups -OCH3 is 1. The van der Waals surface area contributed by atoms with Crippen LogP contribution in [0.5, 0.6) is 5.75 Å². The standard InChI is InChI=1S/C15H21N3OS/c1-5-6-7-16-15-18-17-14(20-15)12-8-10(2)13(19-4)11(3)9-12/h8-9H,5-7H2,1-4H3,(H,16,18). The van der Waals surface area contributed by atoms with Crippen LogP contribution in [0.1, 0.15) is 30.9 Å². The smallest absolute Gasteiger partial charge is 0.206 e. The zero-order chi connectivity index (χ0) is 14.5. The van der Waals surface area contributed by atoms with E-state index in [-0.39, 0.29) is 0 Å². The van der Waals surface area contributed by atoms with Gasteiger partial charge in [0.05, 0.1) is 7.11 Å². The van der Waals surface area contributed by atoms with Gasteiger partial charge in [-0.1, -0.05) is 24.7 Å². The SMILES string of the molecule is CCCCNc1nnc(-c2cc(C)c(OC)c(C)c2)s1. The summed E-state index contributed by atoms with van der Waals surface area (Å²) in [4.78, 5) is 0. The molecule has 0 saturated carbocycles. The third-order valence-corrected chi connectivity index (χ3v) is 4.07. The molecule has 4 nitrogen and oxygen atoms in total. The number of benzene rings is 1. The summed E-state index contributed by atoms with van der Waals surface area (Å²) in [5.74, 6) is 0.944. The van der Waals surface area contributed by atoms with Crippen molar-refractivity contribution in [2.24, 2.45) is 0 Å². The second kappa shape index (κ2) is 6.70. The number of unbranched alkanes of at least 4 members (excludes halogenated alkanes) is 1. The van der Waals surface area contributed by atoms with Crippen molar-refractivity contribution in [3.63, 3.8) is 0 Å². The van der Waals surface area contributed by atoms with E-state index >= 15 is 0 Å². The Balaban J connectivity index is 2.20. The molecule has 0 saturated heterocycles. The van der Waals surface area contributed by atoms with Crippen LogP contribution in [0, 0.1) is 13.8 Å². The van der Waals surface area contributed by atoms with Crippen molar-refractivity contribution >= 4 is 16.5 Å². The van der Waals surface area contributed by atoms with Crippen LogP contribution in [-0.4, -0.2) is 23.9 Å². The van der Waals surface area contributed by atoms with E-state index in [1.54, 1.807) is 18.4 Å². The highest BCUT2D eigenvalue weighted by molar-refractivity contribution is 7.18. The van der Waals surface area contributed by atoms with Crippen LogP contribution in [0.3, 0.4) is 0 Å². The van der Waals surface area contributed by atoms with Gasteiger partial charge in [-0.2, -0.15) is 0 Å². The fourth-order valence-corrected chi connectivity index (χ4v) is 2.94. The van der Waals surface area contributed by atoms with E-state index in [0.29, 0.717) is 0 Å². The number of hydrogen-bond acceptors (Lipinski definition) is 5. The Kier molecular flexibility index (Phi) is 4.95. The lowest BCUT2D eigenvalue weighted by Crippen LogP contribution is -1.99. The topological polar surface area (TPSA) is 47.0 Å². The molecule has 108 valence electrons. The first-order chi connectivity index (χ1) is 9.65. The van der Waals surface area contributed by atoms with Gasteiger partial charge in [0.15, 0.2) is 0 Å². The van der Waals surface area contributed by atoms with E-state index in [2.05, 4.69) is 48.4 Å². The zero-order valence-electron chi connectivity index (χ0n) is 12.5. The van der Waals surface area contributed by atoms with Crippen molar-refractivity contribution in [2.45, 2.75) is 33.6 Å². The third kappa shape index (κ3) is 3.28. The molecule has 2 rings (SSSR count). The molecule has 1 N–H and O–H groups in total. The first kappa shape index (κ1) is 14.8. The summed E-state index contributed by atoms with van der Waals surface area (Å²) in [7, 11) is 1.70. The Morgan fingerprint density at radius 1 is 1.20 bits per heavy atom. The Morgan fingerprint density at radius 2 is 1.90 bits per heavy atom. The molecule has 0 spiro atoms. The van der Waals surface area contributed by atoms with Crippen molar-refractivity contribution in [2.75, 3.05) is 19.0 Å². The molecule has 1 aromatic heterocycles. The summed E-state index contributed by atoms with van der Waals surface area (Å²) in [6.45, 7) is 7.23. The molecule has 0 amide bonds. The number of rotatable bonds is 6. The predicted octanol–water partition coefficient (Wildman–Crippen LogP) is 4.04. The van der Waals surface area contributed by atoms with Crippen LogP contribution < -0.4 is 10.1 Å². The highest BCUT2D eigenvalue weighted by Crippen LogP contribution is 2.32. The zero-order valence-corrected chi connectivity index (χ0v) is 13.3. The number of ether oxygens (including phenoxy) is 1. The van der Waals surface area contributed by atoms with E-state index in [4.69, 9.17) is 4.74 Å². The van der Waals surface area contributed by atoms with Crippen LogP contribution in [0.25, 0.3) is 10.6 Å². The average Bonchev–Trinajstić information content (AvgIpc) is 2.87. The number of nitrogens with zero attached hydrogens (tertiary/aromatic N) is 2. The van der Waals surface area contributed by atoms with E-state index in [9.17, 15) is 0 Å². The minimum atomic E-state index is 0.888. The number of aromatic nitrogens is 2. The van der Waals surface area contributed by atoms with Gasteiger partial charge in [0.25, 0.3) is 0 Å². The van der Waals surface area contributed by atoms with Gasteiger partial charge in [0.2, 0.25) is 5.13 Å². The lowest BCUT2D eigenvalue weighted by atomic mass is 10.1. The molecule has 0 aliphatic carbocycles. The summed E-state index contributed by atoms with van der Waals surface area (Å²) in [5.41, 5.74) is 3.35. The largest absolute Gasteiger partial charge is 0.496 e. The molecule has 5 heteroatoms. The normalized spacial score (nSPS) is 10.6. The molecular weight excluding hydrogens is 270 g/mol. The van der Waals surface area contributed by atoms with Gasteiger partial charge >= 0.3 is 0 Å². The molecule has 0 atom stereocenters. The molecule has 1 aromatic carbocycles. The van der Waals surface area contributed by atoms with Crippen molar-refractivity contribution < 1.29 is 4.74 Å². The summed E-state index contributed by atoms with van der Waals surface area (Å²) in [6.07, 6.45) is 2.32. The highest BCUT2D eigenvalue weighted by atomic mass is 32.1. The van der Waals surface area contributed by atoms with Crippen molar-refractivity contribution in [3.05, 3.63) is 23.3 Å². The maximum atomic E-state index is 5.39. The lowest BCUT2D eigenvalue weighted by molar-refractivity contribution is 0.408. The molecular formula is C15H21N3OS. The quantitative estimate of drug-likeness (QED) is 0.816. The van der Waals surface area contributed by atoms with Crippen molar-refractivity contribution in [1.29, 1.82) is 0 Å². The average molecular weight is 291 g/mol. The molecule has 0 unspecified atom stereocenters. The molecule has 0 bridgehead atoms. The minimum Gasteiger partial charge on any atom is -0.496 e. The number of aryl methyl sites for hydroxylation is 2. The molecule has 1 heterocycles. The second-order valence-electron chi connectivity index (χ2n) is 4.84. The van der Waals surface area contributed by atoms with Gasteiger partial charge in [-0.15, -0.1) is 10.2 Å². The molecule has 2 aromatic rings. The Labute approximate surface area is 124 Å². The lowest BCUT2D eigenvalue weighted by Gasteiger charge is -2.09. The van der Waals surface area contributed by atoms with E-state index in [0.717, 1.165) is 45.5 Å². The Bertz CT molecular complexity index is 557. The van der Waals surface area contributed by atoms with Crippen molar-refractivity contribution in [3.8, 4) is 16.3 Å². The molecule has 0 aliphatic heterocycles. The third-order valence-electron chi connectivity index (χ3n) is 3.14. The number of anilines is 1. The van der Waals surface area contributed by atoms with Crippen LogP contribution in [0.2, 0.25) is 0 Å². The monoisotopic (exact) mass is 291 g/mol. The first-order valence-corrected chi connectivity index (χ1v) is 7.70. The van der Waals surface area contributed by atoms with Crippen LogP contribution in [0.4, 0.5) is 5.13 Å². The molecule has 0 radical (unpaired) electrons. The number of hydrogen-bond donors (Lipinski definition) is 1. The van der Waals surface area contributed by atoms with Crippen LogP contribution in [-0.2, 0) is 0 Å². The van der Waals surface area contributed by atoms with Gasteiger partial charge in [0, 0.05) is 12.1 Å². The van der Waals surface area contributed by atoms with Gasteiger partial charge < -0.3 is 10.1 Å². The second-order valence-corrected chi connectivity index (χ2v) is 5.81. The van der Waals surface area contributed by atoms with E-state index in [1.165, 1.54) is 6.42 Å².